The summed E-state index contributed by atoms with van der Waals surface area (Å²) in [6.45, 7) is 3.62. The predicted molar refractivity (Wildman–Crippen MR) is 117 cm³/mol. The van der Waals surface area contributed by atoms with E-state index in [0.29, 0.717) is 17.1 Å². The molecule has 0 amide bonds. The zero-order chi connectivity index (χ0) is 17.9. The summed E-state index contributed by atoms with van der Waals surface area (Å²) in [4.78, 5) is 5.62. The Morgan fingerprint density at radius 3 is 2.65 bits per heavy atom. The third kappa shape index (κ3) is 7.62. The Labute approximate surface area is 175 Å². The van der Waals surface area contributed by atoms with Gasteiger partial charge in [0.2, 0.25) is 0 Å². The van der Waals surface area contributed by atoms with Crippen molar-refractivity contribution in [1.82, 2.24) is 10.6 Å². The molecular weight excluding hydrogens is 462 g/mol. The third-order valence-corrected chi connectivity index (χ3v) is 4.35. The van der Waals surface area contributed by atoms with Gasteiger partial charge in [0.1, 0.15) is 5.82 Å². The monoisotopic (exact) mass is 484 g/mol. The first-order chi connectivity index (χ1) is 12.2. The molecule has 0 aromatic heterocycles. The Balaban J connectivity index is 0.00000338. The predicted octanol–water partition coefficient (Wildman–Crippen LogP) is 4.16. The number of nitrogens with one attached hydrogen (secondary N) is 2. The minimum atomic E-state index is -0.349. The van der Waals surface area contributed by atoms with Crippen LogP contribution in [0, 0.1) is 17.1 Å². The second-order valence-corrected chi connectivity index (χ2v) is 6.37. The summed E-state index contributed by atoms with van der Waals surface area (Å²) < 4.78 is 13.8. The second kappa shape index (κ2) is 12.5. The molecule has 0 spiro atoms. The number of halogens is 2. The van der Waals surface area contributed by atoms with Crippen molar-refractivity contribution in [3.8, 4) is 6.07 Å². The van der Waals surface area contributed by atoms with Gasteiger partial charge in [0.05, 0.1) is 18.2 Å². The quantitative estimate of drug-likeness (QED) is 0.204. The zero-order valence-corrected chi connectivity index (χ0v) is 17.7. The molecule has 0 saturated heterocycles. The highest BCUT2D eigenvalue weighted by atomic mass is 127. The maximum Gasteiger partial charge on any atom is 0.191 e. The van der Waals surface area contributed by atoms with Crippen LogP contribution in [0.3, 0.4) is 0 Å². The summed E-state index contributed by atoms with van der Waals surface area (Å²) in [5.41, 5.74) is 0.846. The highest BCUT2D eigenvalue weighted by molar-refractivity contribution is 14.0. The molecule has 2 aromatic carbocycles. The highest BCUT2D eigenvalue weighted by Gasteiger charge is 2.04. The minimum Gasteiger partial charge on any atom is -0.357 e. The standard InChI is InChI=1S/C19H21FN4S.HI/c1-2-22-19(23-10-11-25-17-6-4-3-5-7-17)24-14-16-12-15(13-21)8-9-18(16)20;/h3-9,12H,2,10-11,14H2,1H3,(H2,22,23,24);1H. The first-order valence-electron chi connectivity index (χ1n) is 8.11. The second-order valence-electron chi connectivity index (χ2n) is 5.20. The van der Waals surface area contributed by atoms with Crippen molar-refractivity contribution in [2.24, 2.45) is 4.99 Å². The van der Waals surface area contributed by atoms with Gasteiger partial charge in [-0.05, 0) is 37.3 Å². The summed E-state index contributed by atoms with van der Waals surface area (Å²) in [7, 11) is 0. The Morgan fingerprint density at radius 1 is 1.19 bits per heavy atom. The molecule has 4 nitrogen and oxygen atoms in total. The molecular formula is C19H22FIN4S. The van der Waals surface area contributed by atoms with Crippen molar-refractivity contribution in [3.05, 3.63) is 65.5 Å². The summed E-state index contributed by atoms with van der Waals surface area (Å²) in [5.74, 6) is 1.18. The topological polar surface area (TPSA) is 60.2 Å². The van der Waals surface area contributed by atoms with Crippen LogP contribution in [-0.4, -0.2) is 24.8 Å². The molecule has 0 heterocycles. The van der Waals surface area contributed by atoms with Gasteiger partial charge in [0, 0.05) is 29.3 Å². The summed E-state index contributed by atoms with van der Waals surface area (Å²) in [5, 5.41) is 15.3. The molecule has 0 aliphatic rings. The molecule has 2 N–H and O–H groups in total. The smallest absolute Gasteiger partial charge is 0.191 e. The van der Waals surface area contributed by atoms with E-state index in [-0.39, 0.29) is 36.3 Å². The van der Waals surface area contributed by atoms with Crippen LogP contribution in [0.4, 0.5) is 4.39 Å². The zero-order valence-electron chi connectivity index (χ0n) is 14.5. The molecule has 0 saturated carbocycles. The van der Waals surface area contributed by atoms with Gasteiger partial charge in [0.25, 0.3) is 0 Å². The fourth-order valence-electron chi connectivity index (χ4n) is 2.13. The van der Waals surface area contributed by atoms with Crippen LogP contribution in [0.15, 0.2) is 58.4 Å². The van der Waals surface area contributed by atoms with Gasteiger partial charge in [-0.25, -0.2) is 9.38 Å². The van der Waals surface area contributed by atoms with Crippen LogP contribution in [0.2, 0.25) is 0 Å². The molecule has 0 unspecified atom stereocenters. The number of nitrogens with zero attached hydrogens (tertiary/aromatic N) is 2. The molecule has 0 atom stereocenters. The average molecular weight is 484 g/mol. The van der Waals surface area contributed by atoms with E-state index >= 15 is 0 Å². The van der Waals surface area contributed by atoms with Crippen molar-refractivity contribution < 1.29 is 4.39 Å². The Hall–Kier alpha value is -1.79. The number of benzene rings is 2. The number of nitriles is 1. The van der Waals surface area contributed by atoms with Crippen LogP contribution in [0.1, 0.15) is 18.1 Å². The third-order valence-electron chi connectivity index (χ3n) is 3.33. The molecule has 0 aliphatic carbocycles. The number of hydrogen-bond acceptors (Lipinski definition) is 3. The maximum atomic E-state index is 13.8. The summed E-state index contributed by atoms with van der Waals surface area (Å²) in [6, 6.07) is 16.5. The van der Waals surface area contributed by atoms with Crippen molar-refractivity contribution in [1.29, 1.82) is 5.26 Å². The lowest BCUT2D eigenvalue weighted by Gasteiger charge is -2.11. The lowest BCUT2D eigenvalue weighted by Crippen LogP contribution is -2.38. The molecule has 0 bridgehead atoms. The van der Waals surface area contributed by atoms with E-state index in [1.165, 1.54) is 23.1 Å². The van der Waals surface area contributed by atoms with Crippen LogP contribution < -0.4 is 10.6 Å². The fraction of sp³-hybridized carbons (Fsp3) is 0.263. The van der Waals surface area contributed by atoms with Crippen molar-refractivity contribution in [2.45, 2.75) is 18.4 Å². The van der Waals surface area contributed by atoms with E-state index in [1.54, 1.807) is 11.8 Å². The maximum absolute atomic E-state index is 13.8. The molecule has 7 heteroatoms. The van der Waals surface area contributed by atoms with Crippen LogP contribution in [0.25, 0.3) is 0 Å². The van der Waals surface area contributed by atoms with Gasteiger partial charge in [-0.2, -0.15) is 5.26 Å². The van der Waals surface area contributed by atoms with Crippen LogP contribution in [-0.2, 0) is 6.54 Å². The summed E-state index contributed by atoms with van der Waals surface area (Å²) in [6.07, 6.45) is 0. The SMILES string of the molecule is CCNC(=NCc1cc(C#N)ccc1F)NCCSc1ccccc1.I. The Bertz CT molecular complexity index is 747. The van der Waals surface area contributed by atoms with Gasteiger partial charge >= 0.3 is 0 Å². The number of hydrogen-bond donors (Lipinski definition) is 2. The summed E-state index contributed by atoms with van der Waals surface area (Å²) >= 11 is 1.76. The van der Waals surface area contributed by atoms with Crippen LogP contribution >= 0.6 is 35.7 Å². The number of rotatable bonds is 7. The van der Waals surface area contributed by atoms with E-state index < -0.39 is 0 Å². The van der Waals surface area contributed by atoms with Gasteiger partial charge < -0.3 is 10.6 Å². The van der Waals surface area contributed by atoms with E-state index in [1.807, 2.05) is 31.2 Å². The fourth-order valence-corrected chi connectivity index (χ4v) is 2.92. The first kappa shape index (κ1) is 22.3. The van der Waals surface area contributed by atoms with E-state index in [0.717, 1.165) is 18.8 Å². The Kier molecular flexibility index (Phi) is 10.7. The number of thioether (sulfide) groups is 1. The number of aliphatic imine (C=N–C) groups is 1. The van der Waals surface area contributed by atoms with Gasteiger partial charge in [-0.15, -0.1) is 35.7 Å². The van der Waals surface area contributed by atoms with Gasteiger partial charge in [-0.1, -0.05) is 18.2 Å². The van der Waals surface area contributed by atoms with Gasteiger partial charge in [-0.3, -0.25) is 0 Å². The molecule has 26 heavy (non-hydrogen) atoms. The van der Waals surface area contributed by atoms with Crippen LogP contribution in [0.5, 0.6) is 0 Å². The molecule has 2 rings (SSSR count). The molecule has 0 fully saturated rings. The lowest BCUT2D eigenvalue weighted by molar-refractivity contribution is 0.610. The lowest BCUT2D eigenvalue weighted by atomic mass is 10.1. The molecule has 138 valence electrons. The van der Waals surface area contributed by atoms with Gasteiger partial charge in [0.15, 0.2) is 5.96 Å². The van der Waals surface area contributed by atoms with E-state index in [2.05, 4.69) is 27.8 Å². The van der Waals surface area contributed by atoms with E-state index in [4.69, 9.17) is 5.26 Å². The number of guanidine groups is 1. The molecule has 2 aromatic rings. The largest absolute Gasteiger partial charge is 0.357 e. The van der Waals surface area contributed by atoms with Crippen molar-refractivity contribution in [2.75, 3.05) is 18.8 Å². The molecule has 0 radical (unpaired) electrons. The van der Waals surface area contributed by atoms with Crippen molar-refractivity contribution >= 4 is 41.7 Å². The minimum absolute atomic E-state index is 0. The first-order valence-corrected chi connectivity index (χ1v) is 9.10. The van der Waals surface area contributed by atoms with E-state index in [9.17, 15) is 4.39 Å². The normalized spacial score (nSPS) is 10.6. The highest BCUT2D eigenvalue weighted by Crippen LogP contribution is 2.15. The molecule has 0 aliphatic heterocycles. The van der Waals surface area contributed by atoms with Crippen molar-refractivity contribution in [3.63, 3.8) is 0 Å². The average Bonchev–Trinajstić information content (AvgIpc) is 2.65. The Morgan fingerprint density at radius 2 is 1.96 bits per heavy atom.